The van der Waals surface area contributed by atoms with E-state index in [4.69, 9.17) is 4.74 Å². The van der Waals surface area contributed by atoms with Gasteiger partial charge in [-0.05, 0) is 31.8 Å². The number of halogens is 1. The zero-order valence-corrected chi connectivity index (χ0v) is 10.3. The molecule has 14 heavy (non-hydrogen) atoms. The van der Waals surface area contributed by atoms with Gasteiger partial charge >= 0.3 is 0 Å². The SMILES string of the molecule is CC1(C)O[C@@H]([C@@](C)(O)/C=C/Br)C[C@H]1O. The van der Waals surface area contributed by atoms with Gasteiger partial charge in [-0.2, -0.15) is 0 Å². The minimum atomic E-state index is -1.04. The van der Waals surface area contributed by atoms with Crippen LogP contribution in [0.25, 0.3) is 0 Å². The van der Waals surface area contributed by atoms with Crippen LogP contribution in [0.15, 0.2) is 11.1 Å². The summed E-state index contributed by atoms with van der Waals surface area (Å²) in [6.07, 6.45) is 1.19. The molecule has 1 rings (SSSR count). The van der Waals surface area contributed by atoms with Crippen molar-refractivity contribution >= 4 is 15.9 Å². The lowest BCUT2D eigenvalue weighted by Gasteiger charge is -2.28. The van der Waals surface area contributed by atoms with Crippen molar-refractivity contribution in [3.05, 3.63) is 11.1 Å². The first-order chi connectivity index (χ1) is 6.29. The molecule has 0 aromatic heterocycles. The molecule has 3 atom stereocenters. The summed E-state index contributed by atoms with van der Waals surface area (Å²) in [5, 5.41) is 19.7. The van der Waals surface area contributed by atoms with E-state index in [2.05, 4.69) is 15.9 Å². The second-order valence-corrected chi connectivity index (χ2v) is 5.01. The van der Waals surface area contributed by atoms with Crippen molar-refractivity contribution in [3.63, 3.8) is 0 Å². The van der Waals surface area contributed by atoms with Crippen LogP contribution in [0.3, 0.4) is 0 Å². The summed E-state index contributed by atoms with van der Waals surface area (Å²) in [7, 11) is 0. The van der Waals surface area contributed by atoms with Crippen LogP contribution in [0, 0.1) is 0 Å². The van der Waals surface area contributed by atoms with Gasteiger partial charge in [0.2, 0.25) is 0 Å². The molecule has 0 aliphatic carbocycles. The summed E-state index contributed by atoms with van der Waals surface area (Å²) in [6.45, 7) is 5.32. The Bertz CT molecular complexity index is 236. The zero-order valence-electron chi connectivity index (χ0n) is 8.70. The van der Waals surface area contributed by atoms with Crippen LogP contribution < -0.4 is 0 Å². The Hall–Kier alpha value is 0.1000. The Kier molecular flexibility index (Phi) is 3.41. The molecule has 0 amide bonds. The largest absolute Gasteiger partial charge is 0.390 e. The second-order valence-electron chi connectivity index (χ2n) is 4.48. The maximum Gasteiger partial charge on any atom is 0.107 e. The van der Waals surface area contributed by atoms with Crippen molar-refractivity contribution < 1.29 is 14.9 Å². The fraction of sp³-hybridized carbons (Fsp3) is 0.800. The predicted octanol–water partition coefficient (Wildman–Crippen LogP) is 1.57. The van der Waals surface area contributed by atoms with Crippen LogP contribution >= 0.6 is 15.9 Å². The predicted molar refractivity (Wildman–Crippen MR) is 58.3 cm³/mol. The van der Waals surface area contributed by atoms with Gasteiger partial charge in [-0.1, -0.05) is 15.9 Å². The highest BCUT2D eigenvalue weighted by Crippen LogP contribution is 2.35. The minimum Gasteiger partial charge on any atom is -0.390 e. The Morgan fingerprint density at radius 3 is 2.50 bits per heavy atom. The fourth-order valence-corrected chi connectivity index (χ4v) is 2.11. The van der Waals surface area contributed by atoms with Gasteiger partial charge in [0.25, 0.3) is 0 Å². The first-order valence-electron chi connectivity index (χ1n) is 4.66. The Labute approximate surface area is 92.9 Å². The number of rotatable bonds is 2. The average molecular weight is 265 g/mol. The summed E-state index contributed by atoms with van der Waals surface area (Å²) in [6, 6.07) is 0. The third-order valence-electron chi connectivity index (χ3n) is 2.74. The van der Waals surface area contributed by atoms with E-state index in [9.17, 15) is 10.2 Å². The van der Waals surface area contributed by atoms with Gasteiger partial charge in [0.15, 0.2) is 0 Å². The van der Waals surface area contributed by atoms with Gasteiger partial charge in [0, 0.05) is 6.42 Å². The fourth-order valence-electron chi connectivity index (χ4n) is 1.57. The first kappa shape index (κ1) is 12.2. The molecule has 82 valence electrons. The van der Waals surface area contributed by atoms with E-state index >= 15 is 0 Å². The van der Waals surface area contributed by atoms with E-state index in [1.165, 1.54) is 0 Å². The van der Waals surface area contributed by atoms with Gasteiger partial charge in [-0.15, -0.1) is 0 Å². The monoisotopic (exact) mass is 264 g/mol. The van der Waals surface area contributed by atoms with Crippen LogP contribution in [0.2, 0.25) is 0 Å². The Morgan fingerprint density at radius 1 is 1.57 bits per heavy atom. The normalized spacial score (nSPS) is 36.1. The van der Waals surface area contributed by atoms with Crippen LogP contribution in [-0.2, 0) is 4.74 Å². The summed E-state index contributed by atoms with van der Waals surface area (Å²) >= 11 is 3.12. The van der Waals surface area contributed by atoms with Crippen LogP contribution in [0.5, 0.6) is 0 Å². The van der Waals surface area contributed by atoms with E-state index in [0.717, 1.165) is 0 Å². The first-order valence-corrected chi connectivity index (χ1v) is 5.57. The number of aliphatic hydroxyl groups excluding tert-OH is 1. The second kappa shape index (κ2) is 3.93. The topological polar surface area (TPSA) is 49.7 Å². The van der Waals surface area contributed by atoms with E-state index in [0.29, 0.717) is 6.42 Å². The van der Waals surface area contributed by atoms with Crippen molar-refractivity contribution in [3.8, 4) is 0 Å². The molecule has 2 N–H and O–H groups in total. The van der Waals surface area contributed by atoms with Crippen molar-refractivity contribution in [2.24, 2.45) is 0 Å². The summed E-state index contributed by atoms with van der Waals surface area (Å²) < 4.78 is 5.61. The Morgan fingerprint density at radius 2 is 2.14 bits per heavy atom. The quantitative estimate of drug-likeness (QED) is 0.796. The van der Waals surface area contributed by atoms with Crippen LogP contribution in [0.1, 0.15) is 27.2 Å². The van der Waals surface area contributed by atoms with Crippen molar-refractivity contribution in [1.29, 1.82) is 0 Å². The van der Waals surface area contributed by atoms with Gasteiger partial charge in [-0.25, -0.2) is 0 Å². The molecule has 0 spiro atoms. The summed E-state index contributed by atoms with van der Waals surface area (Å²) in [5.41, 5.74) is -1.62. The number of hydrogen-bond acceptors (Lipinski definition) is 3. The Balaban J connectivity index is 2.75. The molecular formula is C10H17BrO3. The number of aliphatic hydroxyl groups is 2. The van der Waals surface area contributed by atoms with Gasteiger partial charge in [0.1, 0.15) is 5.60 Å². The third-order valence-corrected chi connectivity index (χ3v) is 3.00. The van der Waals surface area contributed by atoms with Gasteiger partial charge in [0.05, 0.1) is 17.8 Å². The third kappa shape index (κ3) is 2.37. The molecule has 0 unspecified atom stereocenters. The molecule has 1 saturated heterocycles. The zero-order chi connectivity index (χ0) is 11.0. The summed E-state index contributed by atoms with van der Waals surface area (Å²) in [4.78, 5) is 1.61. The van der Waals surface area contributed by atoms with Gasteiger partial charge in [-0.3, -0.25) is 0 Å². The molecule has 0 bridgehead atoms. The molecule has 4 heteroatoms. The molecule has 1 fully saturated rings. The van der Waals surface area contributed by atoms with Crippen LogP contribution in [-0.4, -0.2) is 33.6 Å². The van der Waals surface area contributed by atoms with E-state index < -0.39 is 17.3 Å². The maximum atomic E-state index is 10.0. The highest BCUT2D eigenvalue weighted by atomic mass is 79.9. The lowest BCUT2D eigenvalue weighted by Crippen LogP contribution is -2.38. The number of hydrogen-bond donors (Lipinski definition) is 2. The molecule has 1 aliphatic rings. The van der Waals surface area contributed by atoms with Crippen molar-refractivity contribution in [2.45, 2.75) is 50.6 Å². The number of ether oxygens (including phenoxy) is 1. The van der Waals surface area contributed by atoms with Crippen LogP contribution in [0.4, 0.5) is 0 Å². The molecule has 0 saturated carbocycles. The molecule has 0 aromatic carbocycles. The lowest BCUT2D eigenvalue weighted by molar-refractivity contribution is -0.109. The molecule has 0 aromatic rings. The van der Waals surface area contributed by atoms with Crippen molar-refractivity contribution in [2.75, 3.05) is 0 Å². The lowest BCUT2D eigenvalue weighted by atomic mass is 9.94. The minimum absolute atomic E-state index is 0.360. The molecule has 3 nitrogen and oxygen atoms in total. The highest BCUT2D eigenvalue weighted by Gasteiger charge is 2.46. The average Bonchev–Trinajstić information content (AvgIpc) is 2.27. The molecule has 1 heterocycles. The van der Waals surface area contributed by atoms with Gasteiger partial charge < -0.3 is 14.9 Å². The highest BCUT2D eigenvalue weighted by molar-refractivity contribution is 9.11. The molecular weight excluding hydrogens is 248 g/mol. The smallest absolute Gasteiger partial charge is 0.107 e. The van der Waals surface area contributed by atoms with E-state index in [1.807, 2.05) is 13.8 Å². The molecule has 1 aliphatic heterocycles. The van der Waals surface area contributed by atoms with E-state index in [1.54, 1.807) is 18.0 Å². The van der Waals surface area contributed by atoms with E-state index in [-0.39, 0.29) is 6.10 Å². The standard InChI is InChI=1S/C10H17BrO3/c1-9(2)7(12)6-8(14-9)10(3,13)4-5-11/h4-5,7-8,12-13H,6H2,1-3H3/b5-4+/t7-,8-,10+/m1/s1. The summed E-state index contributed by atoms with van der Waals surface area (Å²) in [5.74, 6) is 0. The maximum absolute atomic E-state index is 10.0. The molecule has 0 radical (unpaired) electrons. The van der Waals surface area contributed by atoms with Crippen molar-refractivity contribution in [1.82, 2.24) is 0 Å².